The van der Waals surface area contributed by atoms with Gasteiger partial charge in [0, 0.05) is 22.7 Å². The van der Waals surface area contributed by atoms with Crippen LogP contribution in [0.1, 0.15) is 110 Å². The second-order valence-corrected chi connectivity index (χ2v) is 15.7. The number of benzene rings is 3. The maximum Gasteiger partial charge on any atom is 0.0656 e. The third kappa shape index (κ3) is 6.69. The van der Waals surface area contributed by atoms with Crippen molar-refractivity contribution in [3.8, 4) is 0 Å². The Hall–Kier alpha value is -3.13. The number of hydrogen-bond acceptors (Lipinski definition) is 2. The summed E-state index contributed by atoms with van der Waals surface area (Å²) in [5.41, 5.74) is 8.32. The number of nitrogens with zero attached hydrogens (tertiary/aromatic N) is 1. The minimum atomic E-state index is 0.402. The number of aliphatic imine (C=N–C) groups is 1. The van der Waals surface area contributed by atoms with E-state index < -0.39 is 0 Å². The lowest BCUT2D eigenvalue weighted by molar-refractivity contribution is 0.170. The molecule has 226 valence electrons. The summed E-state index contributed by atoms with van der Waals surface area (Å²) in [5.74, 6) is 1.64. The second-order valence-electron chi connectivity index (χ2n) is 15.7. The highest BCUT2D eigenvalue weighted by molar-refractivity contribution is 6.17. The van der Waals surface area contributed by atoms with Gasteiger partial charge in [0.05, 0.1) is 11.8 Å². The molecule has 0 aromatic heterocycles. The van der Waals surface area contributed by atoms with Gasteiger partial charge in [0.15, 0.2) is 0 Å². The Bertz CT molecular complexity index is 1520. The predicted octanol–water partition coefficient (Wildman–Crippen LogP) is 11.4. The molecule has 0 saturated heterocycles. The zero-order chi connectivity index (χ0) is 30.2. The van der Waals surface area contributed by atoms with Crippen LogP contribution in [0.5, 0.6) is 0 Å². The van der Waals surface area contributed by atoms with Crippen LogP contribution in [0.3, 0.4) is 0 Å². The highest BCUT2D eigenvalue weighted by Crippen LogP contribution is 2.41. The Morgan fingerprint density at radius 3 is 1.86 bits per heavy atom. The molecule has 0 radical (unpaired) electrons. The number of rotatable bonds is 4. The van der Waals surface area contributed by atoms with E-state index in [4.69, 9.17) is 4.99 Å². The predicted molar refractivity (Wildman–Crippen MR) is 188 cm³/mol. The van der Waals surface area contributed by atoms with Crippen molar-refractivity contribution in [3.05, 3.63) is 89.5 Å². The summed E-state index contributed by atoms with van der Waals surface area (Å²) in [4.78, 5) is 5.32. The summed E-state index contributed by atoms with van der Waals surface area (Å²) < 4.78 is 0. The molecule has 0 spiro atoms. The van der Waals surface area contributed by atoms with Crippen LogP contribution in [0.25, 0.3) is 22.4 Å². The lowest BCUT2D eigenvalue weighted by Gasteiger charge is -2.37. The fourth-order valence-electron chi connectivity index (χ4n) is 7.88. The van der Waals surface area contributed by atoms with Crippen LogP contribution < -0.4 is 5.32 Å². The summed E-state index contributed by atoms with van der Waals surface area (Å²) in [6.07, 6.45) is 17.1. The number of hydrogen-bond donors (Lipinski definition) is 1. The van der Waals surface area contributed by atoms with Crippen LogP contribution in [-0.2, 0) is 0 Å². The maximum absolute atomic E-state index is 5.32. The van der Waals surface area contributed by atoms with E-state index in [0.29, 0.717) is 22.9 Å². The summed E-state index contributed by atoms with van der Waals surface area (Å²) in [6.45, 7) is 14.4. The monoisotopic (exact) mass is 572 g/mol. The molecule has 0 unspecified atom stereocenters. The molecule has 3 aromatic rings. The van der Waals surface area contributed by atoms with Crippen LogP contribution in [0.15, 0.2) is 77.8 Å². The molecular formula is C41H52N2. The first kappa shape index (κ1) is 29.9. The first-order valence-corrected chi connectivity index (χ1v) is 16.9. The van der Waals surface area contributed by atoms with Gasteiger partial charge in [0.2, 0.25) is 0 Å². The molecule has 2 fully saturated rings. The van der Waals surface area contributed by atoms with Gasteiger partial charge >= 0.3 is 0 Å². The fourth-order valence-corrected chi connectivity index (χ4v) is 7.88. The third-order valence-corrected chi connectivity index (χ3v) is 10.8. The van der Waals surface area contributed by atoms with E-state index >= 15 is 0 Å². The van der Waals surface area contributed by atoms with Crippen LogP contribution in [-0.4, -0.2) is 17.8 Å². The number of nitrogens with one attached hydrogen (secondary N) is 1. The molecule has 6 rings (SSSR count). The molecule has 0 aliphatic heterocycles. The van der Waals surface area contributed by atoms with E-state index in [1.807, 2.05) is 0 Å². The summed E-state index contributed by atoms with van der Waals surface area (Å²) in [6, 6.07) is 23.4. The fraction of sp³-hybridized carbons (Fsp3) is 0.488. The molecule has 3 aromatic carbocycles. The summed E-state index contributed by atoms with van der Waals surface area (Å²) >= 11 is 0. The van der Waals surface area contributed by atoms with Gasteiger partial charge < -0.3 is 5.32 Å². The van der Waals surface area contributed by atoms with E-state index in [0.717, 1.165) is 17.5 Å². The minimum absolute atomic E-state index is 0.402. The van der Waals surface area contributed by atoms with Gasteiger partial charge in [0.1, 0.15) is 0 Å². The van der Waals surface area contributed by atoms with Gasteiger partial charge in [-0.1, -0.05) is 102 Å². The highest BCUT2D eigenvalue weighted by atomic mass is 14.9. The summed E-state index contributed by atoms with van der Waals surface area (Å²) in [7, 11) is 0. The van der Waals surface area contributed by atoms with Crippen LogP contribution in [0.4, 0.5) is 5.69 Å². The average molecular weight is 573 g/mol. The van der Waals surface area contributed by atoms with Crippen molar-refractivity contribution >= 4 is 33.8 Å². The lowest BCUT2D eigenvalue weighted by Crippen LogP contribution is -2.31. The van der Waals surface area contributed by atoms with Crippen molar-refractivity contribution in [1.82, 2.24) is 0 Å². The lowest BCUT2D eigenvalue weighted by atomic mass is 9.71. The molecule has 0 heterocycles. The normalized spacial score (nSPS) is 26.6. The molecule has 0 bridgehead atoms. The van der Waals surface area contributed by atoms with Gasteiger partial charge in [-0.05, 0) is 114 Å². The Labute approximate surface area is 260 Å². The molecule has 0 amide bonds. The van der Waals surface area contributed by atoms with Crippen molar-refractivity contribution in [2.24, 2.45) is 27.7 Å². The van der Waals surface area contributed by atoms with E-state index in [1.54, 1.807) is 0 Å². The second kappa shape index (κ2) is 12.1. The Balaban J connectivity index is 1.24. The zero-order valence-electron chi connectivity index (χ0n) is 27.4. The molecular weight excluding hydrogens is 520 g/mol. The molecule has 3 aliphatic rings. The summed E-state index contributed by atoms with van der Waals surface area (Å²) in [5, 5.41) is 6.57. The van der Waals surface area contributed by atoms with Crippen molar-refractivity contribution in [1.29, 1.82) is 0 Å². The Morgan fingerprint density at radius 1 is 0.628 bits per heavy atom. The van der Waals surface area contributed by atoms with Crippen molar-refractivity contribution in [3.63, 3.8) is 0 Å². The van der Waals surface area contributed by atoms with Gasteiger partial charge in [-0.3, -0.25) is 4.99 Å². The number of allylic oxidation sites excluding steroid dienone is 3. The van der Waals surface area contributed by atoms with E-state index in [9.17, 15) is 0 Å². The first-order valence-electron chi connectivity index (χ1n) is 16.9. The van der Waals surface area contributed by atoms with Gasteiger partial charge in [-0.2, -0.15) is 0 Å². The zero-order valence-corrected chi connectivity index (χ0v) is 27.4. The van der Waals surface area contributed by atoms with Crippen molar-refractivity contribution in [2.45, 2.75) is 105 Å². The van der Waals surface area contributed by atoms with Crippen molar-refractivity contribution in [2.75, 3.05) is 5.32 Å². The van der Waals surface area contributed by atoms with E-state index in [2.05, 4.69) is 126 Å². The van der Waals surface area contributed by atoms with E-state index in [-0.39, 0.29) is 0 Å². The quantitative estimate of drug-likeness (QED) is 0.330. The standard InChI is InChI=1S/C41H52N2/c1-40(2,3)30-17-21-32(22-18-30)42-38-25-15-28(34-11-7-9-13-36(34)38)27-29-16-26-39(37-14-10-8-12-35(29)37)43-33-23-19-31(20-24-33)41(4,5)6/h7-16,25-27,30-33,42H,17-24H2,1-6H3/b29-27-,43-39?. The number of fused-ring (bicyclic) bond motifs is 2. The third-order valence-electron chi connectivity index (χ3n) is 10.8. The van der Waals surface area contributed by atoms with Gasteiger partial charge in [-0.25, -0.2) is 0 Å². The van der Waals surface area contributed by atoms with E-state index in [1.165, 1.54) is 90.1 Å². The molecule has 3 aliphatic carbocycles. The highest BCUT2D eigenvalue weighted by Gasteiger charge is 2.31. The largest absolute Gasteiger partial charge is 0.382 e. The Kier molecular flexibility index (Phi) is 8.42. The molecule has 2 heteroatoms. The number of anilines is 1. The average Bonchev–Trinajstić information content (AvgIpc) is 2.99. The SMILES string of the molecule is CC(C)(C)C1CCC(N=C2C=C/C(=C/c3ccc(NC4CCC(C(C)(C)C)CC4)c4ccccc34)c3ccccc32)CC1. The maximum atomic E-state index is 5.32. The van der Waals surface area contributed by atoms with Crippen LogP contribution in [0, 0.1) is 22.7 Å². The van der Waals surface area contributed by atoms with Gasteiger partial charge in [0.25, 0.3) is 0 Å². The van der Waals surface area contributed by atoms with Crippen LogP contribution >= 0.6 is 0 Å². The Morgan fingerprint density at radius 2 is 1.21 bits per heavy atom. The topological polar surface area (TPSA) is 24.4 Å². The molecule has 1 N–H and O–H groups in total. The van der Waals surface area contributed by atoms with Gasteiger partial charge in [-0.15, -0.1) is 0 Å². The molecule has 2 nitrogen and oxygen atoms in total. The molecule has 0 atom stereocenters. The molecule has 2 saturated carbocycles. The first-order chi connectivity index (χ1) is 20.6. The smallest absolute Gasteiger partial charge is 0.0656 e. The van der Waals surface area contributed by atoms with Crippen LogP contribution in [0.2, 0.25) is 0 Å². The van der Waals surface area contributed by atoms with Crippen molar-refractivity contribution < 1.29 is 0 Å². The minimum Gasteiger partial charge on any atom is -0.382 e. The molecule has 43 heavy (non-hydrogen) atoms.